The number of likely N-dealkylation sites (N-methyl/N-ethyl adjacent to an activating group) is 1. The lowest BCUT2D eigenvalue weighted by molar-refractivity contribution is 0.0678. The van der Waals surface area contributed by atoms with E-state index in [1.54, 1.807) is 19.9 Å². The SMILES string of the molecule is Cc1ccc(S(N)(=O)=O)c(C(=O)N(C)[C@@H](C)CO)c1. The van der Waals surface area contributed by atoms with Crippen molar-refractivity contribution in [1.29, 1.82) is 0 Å². The van der Waals surface area contributed by atoms with Crippen LogP contribution in [0.25, 0.3) is 0 Å². The van der Waals surface area contributed by atoms with Crippen LogP contribution >= 0.6 is 0 Å². The molecule has 0 aliphatic heterocycles. The number of primary sulfonamides is 1. The number of hydrogen-bond acceptors (Lipinski definition) is 4. The normalized spacial score (nSPS) is 13.1. The van der Waals surface area contributed by atoms with Gasteiger partial charge in [0, 0.05) is 7.05 Å². The fourth-order valence-corrected chi connectivity index (χ4v) is 2.28. The first kappa shape index (κ1) is 15.6. The molecule has 1 atom stereocenters. The molecule has 0 fully saturated rings. The van der Waals surface area contributed by atoms with Crippen LogP contribution in [-0.2, 0) is 10.0 Å². The van der Waals surface area contributed by atoms with E-state index in [9.17, 15) is 13.2 Å². The molecule has 0 saturated heterocycles. The van der Waals surface area contributed by atoms with Crippen LogP contribution in [0.5, 0.6) is 0 Å². The van der Waals surface area contributed by atoms with Gasteiger partial charge in [-0.1, -0.05) is 11.6 Å². The molecule has 1 aromatic carbocycles. The Morgan fingerprint density at radius 1 is 1.47 bits per heavy atom. The van der Waals surface area contributed by atoms with Gasteiger partial charge in [0.05, 0.1) is 23.1 Å². The summed E-state index contributed by atoms with van der Waals surface area (Å²) in [7, 11) is -2.47. The second-order valence-corrected chi connectivity index (χ2v) is 6.02. The number of nitrogens with two attached hydrogens (primary N) is 1. The topological polar surface area (TPSA) is 101 Å². The molecule has 6 nitrogen and oxygen atoms in total. The molecule has 7 heteroatoms. The number of benzene rings is 1. The standard InChI is InChI=1S/C12H18N2O4S/c1-8-4-5-11(19(13,17)18)10(6-8)12(16)14(3)9(2)7-15/h4-6,9,15H,7H2,1-3H3,(H2,13,17,18)/t9-/m0/s1. The summed E-state index contributed by atoms with van der Waals surface area (Å²) >= 11 is 0. The Balaban J connectivity index is 3.34. The van der Waals surface area contributed by atoms with Gasteiger partial charge < -0.3 is 10.0 Å². The van der Waals surface area contributed by atoms with E-state index in [0.717, 1.165) is 5.56 Å². The van der Waals surface area contributed by atoms with Gasteiger partial charge in [-0.05, 0) is 26.0 Å². The zero-order valence-corrected chi connectivity index (χ0v) is 11.9. The lowest BCUT2D eigenvalue weighted by Crippen LogP contribution is -2.38. The number of rotatable bonds is 4. The molecule has 0 spiro atoms. The molecule has 19 heavy (non-hydrogen) atoms. The molecule has 0 aliphatic rings. The van der Waals surface area contributed by atoms with Crippen molar-refractivity contribution >= 4 is 15.9 Å². The van der Waals surface area contributed by atoms with E-state index in [1.165, 1.54) is 24.1 Å². The summed E-state index contributed by atoms with van der Waals surface area (Å²) in [6.45, 7) is 3.20. The maximum absolute atomic E-state index is 12.3. The molecule has 0 radical (unpaired) electrons. The van der Waals surface area contributed by atoms with Crippen molar-refractivity contribution in [2.24, 2.45) is 5.14 Å². The fraction of sp³-hybridized carbons (Fsp3) is 0.417. The van der Waals surface area contributed by atoms with E-state index >= 15 is 0 Å². The zero-order valence-electron chi connectivity index (χ0n) is 11.1. The largest absolute Gasteiger partial charge is 0.394 e. The summed E-state index contributed by atoms with van der Waals surface area (Å²) in [5, 5.41) is 14.2. The van der Waals surface area contributed by atoms with Crippen LogP contribution in [-0.4, -0.2) is 44.0 Å². The highest BCUT2D eigenvalue weighted by Crippen LogP contribution is 2.18. The van der Waals surface area contributed by atoms with Crippen LogP contribution in [0.2, 0.25) is 0 Å². The maximum Gasteiger partial charge on any atom is 0.255 e. The third-order valence-corrected chi connectivity index (χ3v) is 3.89. The van der Waals surface area contributed by atoms with Gasteiger partial charge in [0.15, 0.2) is 0 Å². The molecule has 3 N–H and O–H groups in total. The summed E-state index contributed by atoms with van der Waals surface area (Å²) in [4.78, 5) is 13.3. The van der Waals surface area contributed by atoms with Gasteiger partial charge >= 0.3 is 0 Å². The second kappa shape index (κ2) is 5.68. The van der Waals surface area contributed by atoms with Gasteiger partial charge in [0.25, 0.3) is 5.91 Å². The lowest BCUT2D eigenvalue weighted by Gasteiger charge is -2.24. The Morgan fingerprint density at radius 2 is 2.05 bits per heavy atom. The highest BCUT2D eigenvalue weighted by atomic mass is 32.2. The van der Waals surface area contributed by atoms with E-state index in [-0.39, 0.29) is 17.1 Å². The molecule has 0 aliphatic carbocycles. The van der Waals surface area contributed by atoms with Crippen molar-refractivity contribution in [2.45, 2.75) is 24.8 Å². The molecule has 1 amide bonds. The van der Waals surface area contributed by atoms with Crippen LogP contribution in [0.1, 0.15) is 22.8 Å². The second-order valence-electron chi connectivity index (χ2n) is 4.49. The molecule has 0 saturated carbocycles. The van der Waals surface area contributed by atoms with Crippen molar-refractivity contribution < 1.29 is 18.3 Å². The van der Waals surface area contributed by atoms with Crippen LogP contribution in [0.4, 0.5) is 0 Å². The molecule has 0 unspecified atom stereocenters. The molecule has 0 aromatic heterocycles. The van der Waals surface area contributed by atoms with E-state index in [4.69, 9.17) is 10.2 Å². The number of carbonyl (C=O) groups is 1. The molecule has 1 aromatic rings. The van der Waals surface area contributed by atoms with Crippen molar-refractivity contribution in [1.82, 2.24) is 4.90 Å². The molecule has 1 rings (SSSR count). The van der Waals surface area contributed by atoms with Gasteiger partial charge in [-0.2, -0.15) is 0 Å². The predicted molar refractivity (Wildman–Crippen MR) is 71.2 cm³/mol. The molecular formula is C12H18N2O4S. The number of hydrogen-bond donors (Lipinski definition) is 2. The highest BCUT2D eigenvalue weighted by molar-refractivity contribution is 7.89. The maximum atomic E-state index is 12.3. The van der Waals surface area contributed by atoms with Gasteiger partial charge in [-0.25, -0.2) is 13.6 Å². The average Bonchev–Trinajstić information content (AvgIpc) is 2.34. The smallest absolute Gasteiger partial charge is 0.255 e. The van der Waals surface area contributed by atoms with Gasteiger partial charge in [0.1, 0.15) is 0 Å². The number of aliphatic hydroxyl groups excluding tert-OH is 1. The zero-order chi connectivity index (χ0) is 14.8. The molecule has 106 valence electrons. The summed E-state index contributed by atoms with van der Waals surface area (Å²) in [6, 6.07) is 3.95. The Kier molecular flexibility index (Phi) is 4.67. The van der Waals surface area contributed by atoms with Gasteiger partial charge in [-0.3, -0.25) is 4.79 Å². The molecular weight excluding hydrogens is 268 g/mol. The average molecular weight is 286 g/mol. The summed E-state index contributed by atoms with van der Waals surface area (Å²) < 4.78 is 23.0. The number of nitrogens with zero attached hydrogens (tertiary/aromatic N) is 1. The lowest BCUT2D eigenvalue weighted by atomic mass is 10.1. The number of aryl methyl sites for hydroxylation is 1. The molecule has 0 heterocycles. The summed E-state index contributed by atoms with van der Waals surface area (Å²) in [5.74, 6) is -0.491. The van der Waals surface area contributed by atoms with Crippen molar-refractivity contribution in [3.63, 3.8) is 0 Å². The van der Waals surface area contributed by atoms with Crippen LogP contribution in [0, 0.1) is 6.92 Å². The van der Waals surface area contributed by atoms with E-state index in [1.807, 2.05) is 0 Å². The van der Waals surface area contributed by atoms with Crippen LogP contribution in [0.15, 0.2) is 23.1 Å². The first-order valence-electron chi connectivity index (χ1n) is 5.70. The van der Waals surface area contributed by atoms with E-state index in [2.05, 4.69) is 0 Å². The van der Waals surface area contributed by atoms with Crippen LogP contribution in [0.3, 0.4) is 0 Å². The molecule has 0 bridgehead atoms. The minimum Gasteiger partial charge on any atom is -0.394 e. The Morgan fingerprint density at radius 3 is 2.53 bits per heavy atom. The minimum absolute atomic E-state index is 0.0188. The summed E-state index contributed by atoms with van der Waals surface area (Å²) in [5.41, 5.74) is 0.770. The third-order valence-electron chi connectivity index (χ3n) is 2.92. The van der Waals surface area contributed by atoms with Gasteiger partial charge in [-0.15, -0.1) is 0 Å². The van der Waals surface area contributed by atoms with Crippen molar-refractivity contribution in [3.05, 3.63) is 29.3 Å². The quantitative estimate of drug-likeness (QED) is 0.819. The van der Waals surface area contributed by atoms with E-state index in [0.29, 0.717) is 0 Å². The first-order valence-corrected chi connectivity index (χ1v) is 7.24. The first-order chi connectivity index (χ1) is 8.68. The Hall–Kier alpha value is -1.44. The monoisotopic (exact) mass is 286 g/mol. The predicted octanol–water partition coefficient (Wildman–Crippen LogP) is 0.0952. The Labute approximate surface area is 112 Å². The number of sulfonamides is 1. The number of aliphatic hydroxyl groups is 1. The highest BCUT2D eigenvalue weighted by Gasteiger charge is 2.24. The van der Waals surface area contributed by atoms with Crippen LogP contribution < -0.4 is 5.14 Å². The summed E-state index contributed by atoms with van der Waals surface area (Å²) in [6.07, 6.45) is 0. The van der Waals surface area contributed by atoms with Crippen molar-refractivity contribution in [2.75, 3.05) is 13.7 Å². The van der Waals surface area contributed by atoms with Crippen molar-refractivity contribution in [3.8, 4) is 0 Å². The minimum atomic E-state index is -3.97. The van der Waals surface area contributed by atoms with Gasteiger partial charge in [0.2, 0.25) is 10.0 Å². The fourth-order valence-electron chi connectivity index (χ4n) is 1.57. The Bertz CT molecular complexity index is 583. The van der Waals surface area contributed by atoms with E-state index < -0.39 is 22.0 Å². The number of carbonyl (C=O) groups excluding carboxylic acids is 1. The third kappa shape index (κ3) is 3.52. The number of amides is 1.